The Hall–Kier alpha value is -2.95. The summed E-state index contributed by atoms with van der Waals surface area (Å²) in [6.07, 6.45) is 2.21. The molecule has 134 valence electrons. The SMILES string of the molecule is O=C(c1ccccc1)c1cccc(NC(=O)C2CCC(C(=O)O)CC2)c1. The Bertz CT molecular complexity index is 808. The van der Waals surface area contributed by atoms with Crippen LogP contribution in [0.25, 0.3) is 0 Å². The minimum absolute atomic E-state index is 0.0938. The van der Waals surface area contributed by atoms with E-state index in [1.165, 1.54) is 0 Å². The molecule has 0 aliphatic heterocycles. The van der Waals surface area contributed by atoms with E-state index in [2.05, 4.69) is 5.32 Å². The number of carboxylic acid groups (broad SMARTS) is 1. The Morgan fingerprint density at radius 3 is 2.08 bits per heavy atom. The standard InChI is InChI=1S/C21H21NO4/c23-19(14-5-2-1-3-6-14)17-7-4-8-18(13-17)22-20(24)15-9-11-16(12-10-15)21(25)26/h1-8,13,15-16H,9-12H2,(H,22,24)(H,25,26). The fourth-order valence-electron chi connectivity index (χ4n) is 3.34. The molecule has 0 radical (unpaired) electrons. The number of aliphatic carboxylic acids is 1. The Kier molecular flexibility index (Phi) is 5.46. The molecule has 2 aromatic rings. The highest BCUT2D eigenvalue weighted by Crippen LogP contribution is 2.30. The highest BCUT2D eigenvalue weighted by molar-refractivity contribution is 6.09. The summed E-state index contributed by atoms with van der Waals surface area (Å²) in [6, 6.07) is 15.9. The van der Waals surface area contributed by atoms with Crippen LogP contribution in [0.2, 0.25) is 0 Å². The van der Waals surface area contributed by atoms with Gasteiger partial charge in [0.05, 0.1) is 5.92 Å². The zero-order chi connectivity index (χ0) is 18.5. The van der Waals surface area contributed by atoms with Gasteiger partial charge in [-0.2, -0.15) is 0 Å². The molecule has 1 fully saturated rings. The van der Waals surface area contributed by atoms with Gasteiger partial charge in [-0.3, -0.25) is 14.4 Å². The van der Waals surface area contributed by atoms with Crippen molar-refractivity contribution in [2.45, 2.75) is 25.7 Å². The quantitative estimate of drug-likeness (QED) is 0.804. The lowest BCUT2D eigenvalue weighted by Gasteiger charge is -2.25. The summed E-state index contributed by atoms with van der Waals surface area (Å²) in [5, 5.41) is 11.9. The first kappa shape index (κ1) is 17.9. The number of carbonyl (C=O) groups is 3. The molecule has 0 unspecified atom stereocenters. The van der Waals surface area contributed by atoms with Crippen molar-refractivity contribution in [1.82, 2.24) is 0 Å². The first-order valence-corrected chi connectivity index (χ1v) is 8.78. The van der Waals surface area contributed by atoms with Crippen LogP contribution in [0.3, 0.4) is 0 Å². The number of ketones is 1. The number of rotatable bonds is 5. The van der Waals surface area contributed by atoms with Crippen molar-refractivity contribution in [2.75, 3.05) is 5.32 Å². The van der Waals surface area contributed by atoms with Gasteiger partial charge in [0.1, 0.15) is 0 Å². The summed E-state index contributed by atoms with van der Waals surface area (Å²) in [7, 11) is 0. The maximum atomic E-state index is 12.5. The normalized spacial score (nSPS) is 19.5. The molecule has 0 atom stereocenters. The number of nitrogens with one attached hydrogen (secondary N) is 1. The van der Waals surface area contributed by atoms with Crippen molar-refractivity contribution >= 4 is 23.3 Å². The van der Waals surface area contributed by atoms with Crippen molar-refractivity contribution in [3.05, 3.63) is 65.7 Å². The second-order valence-corrected chi connectivity index (χ2v) is 6.65. The van der Waals surface area contributed by atoms with Crippen molar-refractivity contribution in [3.63, 3.8) is 0 Å². The van der Waals surface area contributed by atoms with Crippen molar-refractivity contribution < 1.29 is 19.5 Å². The van der Waals surface area contributed by atoms with E-state index >= 15 is 0 Å². The summed E-state index contributed by atoms with van der Waals surface area (Å²) in [4.78, 5) is 36.0. The van der Waals surface area contributed by atoms with Gasteiger partial charge in [-0.1, -0.05) is 42.5 Å². The molecule has 0 heterocycles. The zero-order valence-electron chi connectivity index (χ0n) is 14.4. The van der Waals surface area contributed by atoms with Crippen molar-refractivity contribution in [1.29, 1.82) is 0 Å². The Morgan fingerprint density at radius 1 is 0.808 bits per heavy atom. The molecule has 5 heteroatoms. The van der Waals surface area contributed by atoms with E-state index in [1.54, 1.807) is 36.4 Å². The molecule has 2 aromatic carbocycles. The molecule has 5 nitrogen and oxygen atoms in total. The second-order valence-electron chi connectivity index (χ2n) is 6.65. The topological polar surface area (TPSA) is 83.5 Å². The van der Waals surface area contributed by atoms with Gasteiger partial charge in [-0.15, -0.1) is 0 Å². The highest BCUT2D eigenvalue weighted by Gasteiger charge is 2.29. The number of benzene rings is 2. The van der Waals surface area contributed by atoms with Crippen LogP contribution in [0.15, 0.2) is 54.6 Å². The highest BCUT2D eigenvalue weighted by atomic mass is 16.4. The first-order valence-electron chi connectivity index (χ1n) is 8.78. The van der Waals surface area contributed by atoms with Gasteiger partial charge in [0, 0.05) is 22.7 Å². The summed E-state index contributed by atoms with van der Waals surface area (Å²) < 4.78 is 0. The fraction of sp³-hybridized carbons (Fsp3) is 0.286. The monoisotopic (exact) mass is 351 g/mol. The molecule has 1 aliphatic rings. The third-order valence-corrected chi connectivity index (χ3v) is 4.88. The number of carboxylic acids is 1. The number of hydrogen-bond acceptors (Lipinski definition) is 3. The number of hydrogen-bond donors (Lipinski definition) is 2. The molecule has 0 bridgehead atoms. The van der Waals surface area contributed by atoms with E-state index in [-0.39, 0.29) is 23.5 Å². The lowest BCUT2D eigenvalue weighted by atomic mass is 9.81. The predicted molar refractivity (Wildman–Crippen MR) is 98.0 cm³/mol. The van der Waals surface area contributed by atoms with Crippen LogP contribution in [0.1, 0.15) is 41.6 Å². The van der Waals surface area contributed by atoms with Crippen LogP contribution in [0, 0.1) is 11.8 Å². The minimum Gasteiger partial charge on any atom is -0.481 e. The van der Waals surface area contributed by atoms with Crippen molar-refractivity contribution in [3.8, 4) is 0 Å². The second kappa shape index (κ2) is 7.95. The Balaban J connectivity index is 1.65. The first-order chi connectivity index (χ1) is 12.5. The van der Waals surface area contributed by atoms with E-state index < -0.39 is 5.97 Å². The molecule has 1 amide bonds. The van der Waals surface area contributed by atoms with Crippen molar-refractivity contribution in [2.24, 2.45) is 11.8 Å². The minimum atomic E-state index is -0.781. The van der Waals surface area contributed by atoms with Gasteiger partial charge in [0.25, 0.3) is 0 Å². The van der Waals surface area contributed by atoms with E-state index in [0.717, 1.165) is 0 Å². The Labute approximate surface area is 152 Å². The van der Waals surface area contributed by atoms with Crippen LogP contribution in [-0.2, 0) is 9.59 Å². The van der Waals surface area contributed by atoms with Gasteiger partial charge < -0.3 is 10.4 Å². The van der Waals surface area contributed by atoms with Gasteiger partial charge in [-0.05, 0) is 37.8 Å². The third-order valence-electron chi connectivity index (χ3n) is 4.88. The van der Waals surface area contributed by atoms with Crippen LogP contribution in [0.4, 0.5) is 5.69 Å². The van der Waals surface area contributed by atoms with Crippen LogP contribution in [0.5, 0.6) is 0 Å². The van der Waals surface area contributed by atoms with Crippen LogP contribution < -0.4 is 5.32 Å². The average molecular weight is 351 g/mol. The number of carbonyl (C=O) groups excluding carboxylic acids is 2. The van der Waals surface area contributed by atoms with E-state index in [9.17, 15) is 14.4 Å². The smallest absolute Gasteiger partial charge is 0.306 e. The molecule has 1 aliphatic carbocycles. The predicted octanol–water partition coefficient (Wildman–Crippen LogP) is 3.75. The lowest BCUT2D eigenvalue weighted by molar-refractivity contribution is -0.143. The van der Waals surface area contributed by atoms with E-state index in [4.69, 9.17) is 5.11 Å². The van der Waals surface area contributed by atoms with Crippen LogP contribution in [-0.4, -0.2) is 22.8 Å². The Morgan fingerprint density at radius 2 is 1.42 bits per heavy atom. The maximum Gasteiger partial charge on any atom is 0.306 e. The molecule has 0 saturated heterocycles. The third kappa shape index (κ3) is 4.17. The molecule has 2 N–H and O–H groups in total. The zero-order valence-corrected chi connectivity index (χ0v) is 14.4. The fourth-order valence-corrected chi connectivity index (χ4v) is 3.34. The average Bonchev–Trinajstić information content (AvgIpc) is 2.68. The van der Waals surface area contributed by atoms with E-state index in [1.807, 2.05) is 18.2 Å². The summed E-state index contributed by atoms with van der Waals surface area (Å²) >= 11 is 0. The lowest BCUT2D eigenvalue weighted by Crippen LogP contribution is -2.29. The van der Waals surface area contributed by atoms with Gasteiger partial charge in [0.2, 0.25) is 5.91 Å². The molecular weight excluding hydrogens is 330 g/mol. The molecule has 3 rings (SSSR count). The largest absolute Gasteiger partial charge is 0.481 e. The molecule has 26 heavy (non-hydrogen) atoms. The molecule has 1 saturated carbocycles. The number of anilines is 1. The summed E-state index contributed by atoms with van der Waals surface area (Å²) in [5.41, 5.74) is 1.70. The van der Waals surface area contributed by atoms with Gasteiger partial charge in [0.15, 0.2) is 5.78 Å². The van der Waals surface area contributed by atoms with Gasteiger partial charge >= 0.3 is 5.97 Å². The van der Waals surface area contributed by atoms with E-state index in [0.29, 0.717) is 42.5 Å². The molecule has 0 spiro atoms. The van der Waals surface area contributed by atoms with Gasteiger partial charge in [-0.25, -0.2) is 0 Å². The molecular formula is C21H21NO4. The van der Waals surface area contributed by atoms with Crippen LogP contribution >= 0.6 is 0 Å². The molecule has 0 aromatic heterocycles. The summed E-state index contributed by atoms with van der Waals surface area (Å²) in [6.45, 7) is 0. The maximum absolute atomic E-state index is 12.5. The number of amides is 1. The summed E-state index contributed by atoms with van der Waals surface area (Å²) in [5.74, 6) is -1.51.